The molecule has 0 saturated heterocycles. The zero-order valence-electron chi connectivity index (χ0n) is 22.8. The maximum atomic E-state index is 13.7. The van der Waals surface area contributed by atoms with Crippen LogP contribution in [-0.2, 0) is 28.0 Å². The first-order valence-electron chi connectivity index (χ1n) is 13.0. The topological polar surface area (TPSA) is 49.9 Å². The van der Waals surface area contributed by atoms with Gasteiger partial charge in [-0.15, -0.1) is 11.3 Å². The lowest BCUT2D eigenvalue weighted by molar-refractivity contribution is -0.133. The van der Waals surface area contributed by atoms with Crippen molar-refractivity contribution in [2.24, 2.45) is 0 Å². The third-order valence-electron chi connectivity index (χ3n) is 6.40. The number of aryl methyl sites for hydroxylation is 1. The molecule has 0 fully saturated rings. The molecule has 2 aromatic carbocycles. The largest absolute Gasteiger partial charge is 0.382 e. The van der Waals surface area contributed by atoms with Gasteiger partial charge in [-0.2, -0.15) is 0 Å². The first-order chi connectivity index (χ1) is 17.7. The van der Waals surface area contributed by atoms with Crippen molar-refractivity contribution in [2.75, 3.05) is 26.3 Å². The number of carbonyl (C=O) groups excluding carboxylic acids is 2. The van der Waals surface area contributed by atoms with E-state index in [1.807, 2.05) is 66.4 Å². The molecule has 1 heterocycles. The van der Waals surface area contributed by atoms with Crippen LogP contribution in [0.25, 0.3) is 0 Å². The summed E-state index contributed by atoms with van der Waals surface area (Å²) in [6, 6.07) is 19.9. The van der Waals surface area contributed by atoms with E-state index in [9.17, 15) is 9.59 Å². The second-order valence-corrected chi connectivity index (χ2v) is 11.4. The molecule has 0 aliphatic heterocycles. The molecule has 0 bridgehead atoms. The van der Waals surface area contributed by atoms with Crippen molar-refractivity contribution in [2.45, 2.75) is 59.5 Å². The predicted molar refractivity (Wildman–Crippen MR) is 152 cm³/mol. The van der Waals surface area contributed by atoms with E-state index >= 15 is 0 Å². The molecule has 0 aliphatic rings. The number of thiophene rings is 1. The van der Waals surface area contributed by atoms with Gasteiger partial charge in [0.15, 0.2) is 0 Å². The predicted octanol–water partition coefficient (Wildman–Crippen LogP) is 6.45. The van der Waals surface area contributed by atoms with Gasteiger partial charge in [-0.25, -0.2) is 0 Å². The average molecular weight is 521 g/mol. The summed E-state index contributed by atoms with van der Waals surface area (Å²) >= 11 is 1.66. The highest BCUT2D eigenvalue weighted by atomic mass is 32.1. The molecule has 0 unspecified atom stereocenters. The fourth-order valence-electron chi connectivity index (χ4n) is 4.09. The molecule has 0 atom stereocenters. The molecule has 5 nitrogen and oxygen atoms in total. The monoisotopic (exact) mass is 520 g/mol. The Hall–Kier alpha value is -2.96. The minimum atomic E-state index is -0.128. The molecular formula is C31H40N2O3S. The molecule has 2 amide bonds. The van der Waals surface area contributed by atoms with Crippen LogP contribution in [0.4, 0.5) is 0 Å². The molecule has 0 aliphatic carbocycles. The summed E-state index contributed by atoms with van der Waals surface area (Å²) in [5.74, 6) is -0.190. The fourth-order valence-corrected chi connectivity index (χ4v) is 5.01. The molecule has 37 heavy (non-hydrogen) atoms. The van der Waals surface area contributed by atoms with Crippen LogP contribution in [0.5, 0.6) is 0 Å². The van der Waals surface area contributed by atoms with Gasteiger partial charge < -0.3 is 14.5 Å². The van der Waals surface area contributed by atoms with Gasteiger partial charge in [0.1, 0.15) is 6.54 Å². The molecular weight excluding hydrogens is 480 g/mol. The number of benzene rings is 2. The molecule has 198 valence electrons. The van der Waals surface area contributed by atoms with Crippen LogP contribution >= 0.6 is 11.3 Å². The van der Waals surface area contributed by atoms with Gasteiger partial charge in [0.05, 0.1) is 6.54 Å². The molecule has 3 rings (SSSR count). The Balaban J connectivity index is 1.81. The molecule has 3 aromatic rings. The summed E-state index contributed by atoms with van der Waals surface area (Å²) in [6.07, 6.45) is 0.676. The number of amides is 2. The Morgan fingerprint density at radius 3 is 2.22 bits per heavy atom. The van der Waals surface area contributed by atoms with Crippen LogP contribution in [0.15, 0.2) is 66.0 Å². The quantitative estimate of drug-likeness (QED) is 0.258. The van der Waals surface area contributed by atoms with E-state index in [0.29, 0.717) is 44.8 Å². The maximum absolute atomic E-state index is 13.7. The number of ether oxygens (including phenoxy) is 1. The van der Waals surface area contributed by atoms with Gasteiger partial charge in [0.2, 0.25) is 5.91 Å². The summed E-state index contributed by atoms with van der Waals surface area (Å²) in [6.45, 7) is 13.2. The molecule has 1 aromatic heterocycles. The number of hydrogen-bond acceptors (Lipinski definition) is 4. The van der Waals surface area contributed by atoms with E-state index in [0.717, 1.165) is 10.4 Å². The first-order valence-corrected chi connectivity index (χ1v) is 13.9. The highest BCUT2D eigenvalue weighted by molar-refractivity contribution is 7.10. The Morgan fingerprint density at radius 1 is 0.919 bits per heavy atom. The molecule has 0 N–H and O–H groups in total. The highest BCUT2D eigenvalue weighted by Crippen LogP contribution is 2.23. The van der Waals surface area contributed by atoms with Gasteiger partial charge in [-0.1, -0.05) is 63.2 Å². The summed E-state index contributed by atoms with van der Waals surface area (Å²) in [7, 11) is 0. The van der Waals surface area contributed by atoms with Crippen molar-refractivity contribution in [1.29, 1.82) is 0 Å². The van der Waals surface area contributed by atoms with Gasteiger partial charge in [-0.05, 0) is 66.0 Å². The third kappa shape index (κ3) is 8.54. The Morgan fingerprint density at radius 2 is 1.62 bits per heavy atom. The molecule has 0 radical (unpaired) electrons. The number of hydrogen-bond donors (Lipinski definition) is 0. The van der Waals surface area contributed by atoms with E-state index in [-0.39, 0.29) is 23.8 Å². The van der Waals surface area contributed by atoms with Crippen LogP contribution < -0.4 is 0 Å². The van der Waals surface area contributed by atoms with Gasteiger partial charge in [0, 0.05) is 36.7 Å². The van der Waals surface area contributed by atoms with Crippen LogP contribution in [0, 0.1) is 6.92 Å². The van der Waals surface area contributed by atoms with E-state index in [1.165, 1.54) is 11.1 Å². The first kappa shape index (κ1) is 28.6. The van der Waals surface area contributed by atoms with E-state index in [1.54, 1.807) is 16.2 Å². The highest BCUT2D eigenvalue weighted by Gasteiger charge is 2.24. The van der Waals surface area contributed by atoms with Gasteiger partial charge >= 0.3 is 0 Å². The zero-order valence-corrected chi connectivity index (χ0v) is 23.6. The second kappa shape index (κ2) is 13.5. The smallest absolute Gasteiger partial charge is 0.254 e. The van der Waals surface area contributed by atoms with Gasteiger partial charge in [0.25, 0.3) is 5.91 Å². The van der Waals surface area contributed by atoms with Crippen LogP contribution in [0.2, 0.25) is 0 Å². The Kier molecular flexibility index (Phi) is 10.5. The minimum absolute atomic E-state index is 0.00653. The molecule has 6 heteroatoms. The van der Waals surface area contributed by atoms with E-state index < -0.39 is 0 Å². The summed E-state index contributed by atoms with van der Waals surface area (Å²) in [4.78, 5) is 32.0. The Bertz CT molecular complexity index is 1130. The summed E-state index contributed by atoms with van der Waals surface area (Å²) < 4.78 is 5.51. The van der Waals surface area contributed by atoms with Crippen molar-refractivity contribution in [3.05, 3.63) is 93.2 Å². The molecule has 0 saturated carbocycles. The summed E-state index contributed by atoms with van der Waals surface area (Å²) in [5.41, 5.74) is 4.02. The third-order valence-corrected chi connectivity index (χ3v) is 7.41. The number of nitrogens with zero attached hydrogens (tertiary/aromatic N) is 2. The van der Waals surface area contributed by atoms with Crippen LogP contribution in [0.1, 0.15) is 66.0 Å². The number of carbonyl (C=O) groups is 2. The number of rotatable bonds is 12. The van der Waals surface area contributed by atoms with Gasteiger partial charge in [-0.3, -0.25) is 9.59 Å². The standard InChI is InChI=1S/C31H40N2O3S/c1-6-36-19-10-18-32(30(35)26-13-15-27(16-14-26)31(3,4)5)23-29(34)33(21-25-11-8-7-9-12-25)22-28-24(2)17-20-37-28/h7-9,11-17,20H,6,10,18-19,21-23H2,1-5H3. The van der Waals surface area contributed by atoms with Crippen molar-refractivity contribution < 1.29 is 14.3 Å². The lowest BCUT2D eigenvalue weighted by Crippen LogP contribution is -2.43. The zero-order chi connectivity index (χ0) is 26.8. The van der Waals surface area contributed by atoms with Crippen LogP contribution in [-0.4, -0.2) is 47.9 Å². The minimum Gasteiger partial charge on any atom is -0.382 e. The normalized spacial score (nSPS) is 11.4. The maximum Gasteiger partial charge on any atom is 0.254 e. The lowest BCUT2D eigenvalue weighted by atomic mass is 9.86. The van der Waals surface area contributed by atoms with Crippen LogP contribution in [0.3, 0.4) is 0 Å². The second-order valence-electron chi connectivity index (χ2n) is 10.4. The van der Waals surface area contributed by atoms with Crippen molar-refractivity contribution in [3.63, 3.8) is 0 Å². The van der Waals surface area contributed by atoms with Crippen molar-refractivity contribution in [3.8, 4) is 0 Å². The average Bonchev–Trinajstić information content (AvgIpc) is 3.29. The fraction of sp³-hybridized carbons (Fsp3) is 0.419. The summed E-state index contributed by atoms with van der Waals surface area (Å²) in [5, 5.41) is 2.06. The van der Waals surface area contributed by atoms with E-state index in [4.69, 9.17) is 4.74 Å². The SMILES string of the molecule is CCOCCCN(CC(=O)N(Cc1ccccc1)Cc1sccc1C)C(=O)c1ccc(C(C)(C)C)cc1. The van der Waals surface area contributed by atoms with E-state index in [2.05, 4.69) is 39.1 Å². The van der Waals surface area contributed by atoms with Crippen molar-refractivity contribution >= 4 is 23.2 Å². The lowest BCUT2D eigenvalue weighted by Gasteiger charge is -2.28. The Labute approximate surface area is 226 Å². The molecule has 0 spiro atoms. The van der Waals surface area contributed by atoms with Crippen molar-refractivity contribution in [1.82, 2.24) is 9.80 Å².